The zero-order valence-electron chi connectivity index (χ0n) is 22.4. The lowest BCUT2D eigenvalue weighted by atomic mass is 9.99. The molecule has 4 N–H and O–H groups in total. The summed E-state index contributed by atoms with van der Waals surface area (Å²) < 4.78 is 25.7. The van der Waals surface area contributed by atoms with Crippen LogP contribution in [0.2, 0.25) is 5.02 Å². The molecule has 0 saturated heterocycles. The first-order valence-electron chi connectivity index (χ1n) is 12.5. The Balaban J connectivity index is 1.79. The molecule has 0 radical (unpaired) electrons. The molecule has 0 unspecified atom stereocenters. The Bertz CT molecular complexity index is 1300. The van der Waals surface area contributed by atoms with Crippen molar-refractivity contribution >= 4 is 41.2 Å². The summed E-state index contributed by atoms with van der Waals surface area (Å²) in [6.07, 6.45) is 4.24. The van der Waals surface area contributed by atoms with Crippen LogP contribution in [0.3, 0.4) is 0 Å². The number of halogens is 2. The molecule has 1 aliphatic rings. The second-order valence-corrected chi connectivity index (χ2v) is 10.1. The molecule has 2 amide bonds. The van der Waals surface area contributed by atoms with Crippen LogP contribution in [0.25, 0.3) is 16.8 Å². The van der Waals surface area contributed by atoms with Crippen molar-refractivity contribution in [2.45, 2.75) is 39.7 Å². The van der Waals surface area contributed by atoms with Crippen molar-refractivity contribution in [1.82, 2.24) is 15.6 Å². The molecule has 0 spiro atoms. The van der Waals surface area contributed by atoms with Crippen LogP contribution in [0, 0.1) is 11.2 Å². The maximum Gasteiger partial charge on any atom is 0.407 e. The summed E-state index contributed by atoms with van der Waals surface area (Å²) in [7, 11) is 0. The van der Waals surface area contributed by atoms with Crippen molar-refractivity contribution in [2.24, 2.45) is 0 Å². The maximum absolute atomic E-state index is 14.7. The summed E-state index contributed by atoms with van der Waals surface area (Å²) in [5, 5.41) is 16.7. The molecule has 0 bridgehead atoms. The summed E-state index contributed by atoms with van der Waals surface area (Å²) in [6.45, 7) is 8.64. The molecule has 9 nitrogen and oxygen atoms in total. The number of hydrogen-bond donors (Lipinski definition) is 4. The fourth-order valence-electron chi connectivity index (χ4n) is 3.72. The van der Waals surface area contributed by atoms with Crippen molar-refractivity contribution in [2.75, 3.05) is 31.6 Å². The molecule has 1 aromatic carbocycles. The molecule has 1 aromatic heterocycles. The normalized spacial score (nSPS) is 13.5. The number of nitrogens with zero attached hydrogens (tertiary/aromatic N) is 1. The molecule has 1 aliphatic heterocycles. The Hall–Kier alpha value is -3.92. The predicted octanol–water partition coefficient (Wildman–Crippen LogP) is 5.36. The van der Waals surface area contributed by atoms with Gasteiger partial charge in [0.05, 0.1) is 17.8 Å². The molecular formula is C28H33ClFN5O4. The van der Waals surface area contributed by atoms with Gasteiger partial charge in [-0.25, -0.2) is 14.2 Å². The number of allylic oxidation sites excluding steroid dienone is 3. The number of fused-ring (bicyclic) bond motifs is 1. The summed E-state index contributed by atoms with van der Waals surface area (Å²) in [5.74, 6) is -0.0218. The second-order valence-electron chi connectivity index (χ2n) is 9.66. The van der Waals surface area contributed by atoms with Gasteiger partial charge in [0.25, 0.3) is 5.91 Å². The highest BCUT2D eigenvalue weighted by atomic mass is 35.5. The molecule has 3 rings (SSSR count). The Morgan fingerprint density at radius 1 is 1.26 bits per heavy atom. The van der Waals surface area contributed by atoms with E-state index in [9.17, 15) is 14.0 Å². The molecule has 0 aliphatic carbocycles. The van der Waals surface area contributed by atoms with E-state index >= 15 is 0 Å². The van der Waals surface area contributed by atoms with Crippen LogP contribution in [0.15, 0.2) is 42.0 Å². The van der Waals surface area contributed by atoms with E-state index in [1.54, 1.807) is 45.9 Å². The third-order valence-corrected chi connectivity index (χ3v) is 5.71. The second kappa shape index (κ2) is 13.2. The quantitative estimate of drug-likeness (QED) is 0.142. The minimum atomic E-state index is -0.593. The van der Waals surface area contributed by atoms with Gasteiger partial charge < -0.3 is 30.8 Å². The summed E-state index contributed by atoms with van der Waals surface area (Å²) in [6, 6.07) is 5.91. The number of hydrogen-bond acceptors (Lipinski definition) is 7. The van der Waals surface area contributed by atoms with Gasteiger partial charge in [-0.1, -0.05) is 17.7 Å². The van der Waals surface area contributed by atoms with Gasteiger partial charge in [0.15, 0.2) is 11.6 Å². The van der Waals surface area contributed by atoms with Crippen LogP contribution < -0.4 is 20.7 Å². The highest BCUT2D eigenvalue weighted by molar-refractivity contribution is 6.30. The molecule has 208 valence electrons. The molecule has 39 heavy (non-hydrogen) atoms. The number of pyridine rings is 1. The van der Waals surface area contributed by atoms with Crippen molar-refractivity contribution in [3.8, 4) is 17.0 Å². The Kier molecular flexibility index (Phi) is 10.1. The van der Waals surface area contributed by atoms with Crippen LogP contribution in [-0.2, 0) is 9.53 Å². The molecule has 0 saturated carbocycles. The lowest BCUT2D eigenvalue weighted by molar-refractivity contribution is -0.116. The molecule has 2 aromatic rings. The van der Waals surface area contributed by atoms with Gasteiger partial charge in [0, 0.05) is 35.5 Å². The van der Waals surface area contributed by atoms with Gasteiger partial charge in [0.2, 0.25) is 0 Å². The fourth-order valence-corrected chi connectivity index (χ4v) is 3.89. The number of carbonyl (C=O) groups is 2. The zero-order valence-corrected chi connectivity index (χ0v) is 23.2. The van der Waals surface area contributed by atoms with E-state index in [1.807, 2.05) is 0 Å². The summed E-state index contributed by atoms with van der Waals surface area (Å²) in [5.41, 5.74) is 1.24. The average molecular weight is 558 g/mol. The first kappa shape index (κ1) is 29.6. The first-order valence-corrected chi connectivity index (χ1v) is 12.9. The zero-order chi connectivity index (χ0) is 28.6. The number of benzene rings is 1. The third-order valence-electron chi connectivity index (χ3n) is 5.48. The predicted molar refractivity (Wildman–Crippen MR) is 151 cm³/mol. The topological polar surface area (TPSA) is 125 Å². The first-order chi connectivity index (χ1) is 18.5. The Labute approximate surface area is 232 Å². The number of rotatable bonds is 9. The van der Waals surface area contributed by atoms with Crippen molar-refractivity contribution in [1.29, 1.82) is 5.41 Å². The molecule has 0 atom stereocenters. The largest absolute Gasteiger partial charge is 0.487 e. The van der Waals surface area contributed by atoms with E-state index < -0.39 is 23.4 Å². The molecule has 0 fully saturated rings. The van der Waals surface area contributed by atoms with Gasteiger partial charge in [-0.15, -0.1) is 0 Å². The van der Waals surface area contributed by atoms with Gasteiger partial charge in [-0.3, -0.25) is 4.79 Å². The highest BCUT2D eigenvalue weighted by Crippen LogP contribution is 2.39. The van der Waals surface area contributed by atoms with E-state index in [0.717, 1.165) is 6.21 Å². The van der Waals surface area contributed by atoms with Crippen LogP contribution in [-0.4, -0.2) is 55.0 Å². The fraction of sp³-hybridized carbons (Fsp3) is 0.357. The maximum atomic E-state index is 14.7. The minimum absolute atomic E-state index is 0.105. The summed E-state index contributed by atoms with van der Waals surface area (Å²) in [4.78, 5) is 29.1. The molecule has 11 heteroatoms. The number of nitrogens with one attached hydrogen (secondary N) is 4. The van der Waals surface area contributed by atoms with Crippen LogP contribution in [0.4, 0.5) is 15.0 Å². The van der Waals surface area contributed by atoms with Crippen LogP contribution in [0.1, 0.15) is 39.7 Å². The highest BCUT2D eigenvalue weighted by Gasteiger charge is 2.22. The summed E-state index contributed by atoms with van der Waals surface area (Å²) >= 11 is 6.11. The van der Waals surface area contributed by atoms with Gasteiger partial charge in [-0.05, 0) is 70.0 Å². The Morgan fingerprint density at radius 3 is 2.69 bits per heavy atom. The number of carbonyl (C=O) groups excluding carboxylic acids is 2. The number of amides is 2. The number of ether oxygens (including phenoxy) is 2. The lowest BCUT2D eigenvalue weighted by Crippen LogP contribution is -2.34. The van der Waals surface area contributed by atoms with Gasteiger partial charge in [-0.2, -0.15) is 0 Å². The van der Waals surface area contributed by atoms with Crippen molar-refractivity contribution in [3.05, 3.63) is 58.4 Å². The van der Waals surface area contributed by atoms with Crippen molar-refractivity contribution in [3.63, 3.8) is 0 Å². The van der Waals surface area contributed by atoms with E-state index in [1.165, 1.54) is 18.2 Å². The number of alkyl carbamates (subject to hydrolysis) is 1. The van der Waals surface area contributed by atoms with E-state index in [2.05, 4.69) is 20.9 Å². The third kappa shape index (κ3) is 8.28. The number of anilines is 1. The minimum Gasteiger partial charge on any atom is -0.487 e. The smallest absolute Gasteiger partial charge is 0.407 e. The van der Waals surface area contributed by atoms with Gasteiger partial charge in [0.1, 0.15) is 18.0 Å². The monoisotopic (exact) mass is 557 g/mol. The SMILES string of the molecule is C/C=C(\C=C(/C=N)C(=O)NCCCNC(=O)OC(C)(C)C)c1cc(-c2cc(Cl)ccc2F)nc2c1OCCN2. The lowest BCUT2D eigenvalue weighted by Gasteiger charge is -2.23. The van der Waals surface area contributed by atoms with Crippen LogP contribution >= 0.6 is 11.6 Å². The van der Waals surface area contributed by atoms with E-state index in [-0.39, 0.29) is 17.7 Å². The molecular weight excluding hydrogens is 525 g/mol. The average Bonchev–Trinajstić information content (AvgIpc) is 2.89. The van der Waals surface area contributed by atoms with Gasteiger partial charge >= 0.3 is 6.09 Å². The number of aromatic nitrogens is 1. The van der Waals surface area contributed by atoms with E-state index in [4.69, 9.17) is 26.5 Å². The van der Waals surface area contributed by atoms with Crippen LogP contribution in [0.5, 0.6) is 5.75 Å². The van der Waals surface area contributed by atoms with Crippen molar-refractivity contribution < 1.29 is 23.5 Å². The molecule has 2 heterocycles. The van der Waals surface area contributed by atoms with E-state index in [0.29, 0.717) is 59.5 Å². The standard InChI is InChI=1S/C28H33ClFN5O4/c1-5-17(13-18(16-31)26(36)33-9-6-10-34-27(37)39-28(2,3)4)20-15-23(21-14-19(29)7-8-22(21)30)35-25-24(20)38-12-11-32-25/h5,7-8,13-16,31H,6,9-12H2,1-4H3,(H,32,35)(H,33,36)(H,34,37)/b17-5+,18-13+,31-16?. The Morgan fingerprint density at radius 2 is 2.00 bits per heavy atom.